The number of rotatable bonds is 2. The maximum absolute atomic E-state index is 6.15. The van der Waals surface area contributed by atoms with Crippen LogP contribution in [0.5, 0.6) is 0 Å². The van der Waals surface area contributed by atoms with Crippen LogP contribution in [0.1, 0.15) is 42.9 Å². The minimum Gasteiger partial charge on any atom is -0.383 e. The summed E-state index contributed by atoms with van der Waals surface area (Å²) < 4.78 is 2.40. The van der Waals surface area contributed by atoms with E-state index in [0.717, 1.165) is 29.9 Å². The van der Waals surface area contributed by atoms with Crippen molar-refractivity contribution in [3.63, 3.8) is 0 Å². The second kappa shape index (κ2) is 5.30. The summed E-state index contributed by atoms with van der Waals surface area (Å²) in [7, 11) is 0. The zero-order chi connectivity index (χ0) is 15.1. The van der Waals surface area contributed by atoms with E-state index in [1.165, 1.54) is 30.6 Å². The van der Waals surface area contributed by atoms with Gasteiger partial charge in [0.2, 0.25) is 0 Å². The highest BCUT2D eigenvalue weighted by atomic mass is 15.2. The summed E-state index contributed by atoms with van der Waals surface area (Å²) in [6.45, 7) is 11.9. The zero-order valence-electron chi connectivity index (χ0n) is 13.5. The van der Waals surface area contributed by atoms with E-state index in [1.807, 2.05) is 6.92 Å². The average molecular weight is 287 g/mol. The fraction of sp³-hybridized carbons (Fsp3) is 0.625. The molecule has 0 radical (unpaired) electrons. The smallest absolute Gasteiger partial charge is 0.146 e. The Hall–Kier alpha value is -1.62. The molecule has 0 spiro atoms. The molecule has 0 aliphatic carbocycles. The molecule has 0 bridgehead atoms. The molecular weight excluding hydrogens is 262 g/mol. The van der Waals surface area contributed by atoms with Gasteiger partial charge < -0.3 is 15.2 Å². The minimum atomic E-state index is 0.489. The Labute approximate surface area is 126 Å². The molecule has 1 saturated heterocycles. The Bertz CT molecular complexity index is 673. The predicted octanol–water partition coefficient (Wildman–Crippen LogP) is 2.60. The quantitative estimate of drug-likeness (QED) is 0.922. The monoisotopic (exact) mass is 287 g/mol. The van der Waals surface area contributed by atoms with Gasteiger partial charge in [-0.1, -0.05) is 6.92 Å². The van der Waals surface area contributed by atoms with Gasteiger partial charge >= 0.3 is 0 Å². The van der Waals surface area contributed by atoms with Crippen molar-refractivity contribution in [3.05, 3.63) is 17.1 Å². The third-order valence-corrected chi connectivity index (χ3v) is 4.83. The lowest BCUT2D eigenvalue weighted by Gasteiger charge is -2.33. The molecule has 0 saturated carbocycles. The second-order valence-corrected chi connectivity index (χ2v) is 6.12. The largest absolute Gasteiger partial charge is 0.383 e. The summed E-state index contributed by atoms with van der Waals surface area (Å²) >= 11 is 0. The highest BCUT2D eigenvalue weighted by molar-refractivity contribution is 5.91. The number of piperidine rings is 1. The number of nitrogens with two attached hydrogens (primary N) is 1. The molecule has 0 aromatic carbocycles. The number of fused-ring (bicyclic) bond motifs is 1. The van der Waals surface area contributed by atoms with Crippen LogP contribution < -0.4 is 5.73 Å². The van der Waals surface area contributed by atoms with Crippen molar-refractivity contribution in [3.8, 4) is 0 Å². The number of aryl methyl sites for hydroxylation is 2. The number of nitrogen functional groups attached to an aromatic ring is 1. The van der Waals surface area contributed by atoms with Crippen LogP contribution in [-0.4, -0.2) is 39.1 Å². The average Bonchev–Trinajstić information content (AvgIpc) is 2.70. The minimum absolute atomic E-state index is 0.489. The van der Waals surface area contributed by atoms with Crippen molar-refractivity contribution >= 4 is 16.9 Å². The molecule has 1 unspecified atom stereocenters. The van der Waals surface area contributed by atoms with E-state index in [1.54, 1.807) is 0 Å². The number of aromatic nitrogens is 3. The molecule has 5 heteroatoms. The van der Waals surface area contributed by atoms with Gasteiger partial charge in [-0.2, -0.15) is 0 Å². The van der Waals surface area contributed by atoms with E-state index in [9.17, 15) is 0 Å². The van der Waals surface area contributed by atoms with Gasteiger partial charge in [0.15, 0.2) is 0 Å². The van der Waals surface area contributed by atoms with Crippen molar-refractivity contribution in [2.75, 3.05) is 25.4 Å². The van der Waals surface area contributed by atoms with E-state index < -0.39 is 0 Å². The number of likely N-dealkylation sites (N-methyl/N-ethyl adjacent to an activating group) is 1. The van der Waals surface area contributed by atoms with E-state index in [2.05, 4.69) is 35.2 Å². The van der Waals surface area contributed by atoms with Gasteiger partial charge in [-0.3, -0.25) is 0 Å². The number of hydrogen-bond acceptors (Lipinski definition) is 4. The van der Waals surface area contributed by atoms with Gasteiger partial charge in [0.1, 0.15) is 17.3 Å². The standard InChI is InChI=1S/C16H25N5/c1-5-20-8-6-7-13(9-20)21-11(3)10(2)14-15(17)18-12(4)19-16(14)21/h13H,5-9H2,1-4H3,(H2,17,18,19). The van der Waals surface area contributed by atoms with Crippen molar-refractivity contribution in [1.82, 2.24) is 19.4 Å². The lowest BCUT2D eigenvalue weighted by Crippen LogP contribution is -2.36. The lowest BCUT2D eigenvalue weighted by molar-refractivity contribution is 0.186. The Morgan fingerprint density at radius 2 is 2.00 bits per heavy atom. The summed E-state index contributed by atoms with van der Waals surface area (Å²) in [6, 6.07) is 0.489. The van der Waals surface area contributed by atoms with Crippen LogP contribution in [0.15, 0.2) is 0 Å². The highest BCUT2D eigenvalue weighted by Gasteiger charge is 2.25. The van der Waals surface area contributed by atoms with Gasteiger partial charge in [-0.15, -0.1) is 0 Å². The lowest BCUT2D eigenvalue weighted by atomic mass is 10.1. The third kappa shape index (κ3) is 2.29. The van der Waals surface area contributed by atoms with Crippen LogP contribution in [-0.2, 0) is 0 Å². The van der Waals surface area contributed by atoms with Crippen LogP contribution >= 0.6 is 0 Å². The molecule has 2 aromatic heterocycles. The molecule has 1 aliphatic heterocycles. The first kappa shape index (κ1) is 14.3. The molecule has 5 nitrogen and oxygen atoms in total. The molecule has 3 rings (SSSR count). The molecule has 3 heterocycles. The van der Waals surface area contributed by atoms with Crippen LogP contribution in [0, 0.1) is 20.8 Å². The van der Waals surface area contributed by atoms with E-state index in [0.29, 0.717) is 11.9 Å². The molecule has 2 aromatic rings. The third-order valence-electron chi connectivity index (χ3n) is 4.83. The van der Waals surface area contributed by atoms with Crippen molar-refractivity contribution < 1.29 is 0 Å². The van der Waals surface area contributed by atoms with E-state index >= 15 is 0 Å². The molecule has 1 aliphatic rings. The summed E-state index contributed by atoms with van der Waals surface area (Å²) in [5.74, 6) is 1.36. The maximum atomic E-state index is 6.15. The molecule has 1 atom stereocenters. The number of anilines is 1. The molecule has 1 fully saturated rings. The first-order valence-electron chi connectivity index (χ1n) is 7.86. The number of likely N-dealkylation sites (tertiary alicyclic amines) is 1. The van der Waals surface area contributed by atoms with Gasteiger partial charge in [-0.25, -0.2) is 9.97 Å². The Morgan fingerprint density at radius 1 is 1.24 bits per heavy atom. The van der Waals surface area contributed by atoms with E-state index in [-0.39, 0.29) is 0 Å². The summed E-state index contributed by atoms with van der Waals surface area (Å²) in [5, 5.41) is 1.03. The summed E-state index contributed by atoms with van der Waals surface area (Å²) in [4.78, 5) is 11.6. The van der Waals surface area contributed by atoms with Gasteiger partial charge in [0.25, 0.3) is 0 Å². The molecular formula is C16H25N5. The van der Waals surface area contributed by atoms with Crippen LogP contribution in [0.2, 0.25) is 0 Å². The Morgan fingerprint density at radius 3 is 2.71 bits per heavy atom. The van der Waals surface area contributed by atoms with Crippen LogP contribution in [0.25, 0.3) is 11.0 Å². The highest BCUT2D eigenvalue weighted by Crippen LogP contribution is 2.33. The first-order valence-corrected chi connectivity index (χ1v) is 7.86. The SMILES string of the molecule is CCN1CCCC(n2c(C)c(C)c3c(N)nc(C)nc32)C1. The van der Waals surface area contributed by atoms with Crippen molar-refractivity contribution in [2.45, 2.75) is 46.6 Å². The van der Waals surface area contributed by atoms with Gasteiger partial charge in [0.05, 0.1) is 5.39 Å². The van der Waals surface area contributed by atoms with Crippen LogP contribution in [0.4, 0.5) is 5.82 Å². The van der Waals surface area contributed by atoms with Gasteiger partial charge in [-0.05, 0) is 52.3 Å². The zero-order valence-corrected chi connectivity index (χ0v) is 13.5. The normalized spacial score (nSPS) is 20.3. The number of nitrogens with zero attached hydrogens (tertiary/aromatic N) is 4. The molecule has 2 N–H and O–H groups in total. The van der Waals surface area contributed by atoms with Crippen molar-refractivity contribution in [2.24, 2.45) is 0 Å². The summed E-state index contributed by atoms with van der Waals surface area (Å²) in [6.07, 6.45) is 2.46. The Kier molecular flexibility index (Phi) is 3.61. The number of hydrogen-bond donors (Lipinski definition) is 1. The van der Waals surface area contributed by atoms with Crippen molar-refractivity contribution in [1.29, 1.82) is 0 Å². The second-order valence-electron chi connectivity index (χ2n) is 6.12. The summed E-state index contributed by atoms with van der Waals surface area (Å²) in [5.41, 5.74) is 9.66. The molecule has 114 valence electrons. The van der Waals surface area contributed by atoms with E-state index in [4.69, 9.17) is 10.7 Å². The molecule has 21 heavy (non-hydrogen) atoms. The van der Waals surface area contributed by atoms with Gasteiger partial charge in [0, 0.05) is 18.3 Å². The molecule has 0 amide bonds. The van der Waals surface area contributed by atoms with Crippen LogP contribution in [0.3, 0.4) is 0 Å². The first-order chi connectivity index (χ1) is 10.0. The predicted molar refractivity (Wildman–Crippen MR) is 86.5 cm³/mol. The topological polar surface area (TPSA) is 60.0 Å². The fourth-order valence-electron chi connectivity index (χ4n) is 3.61. The fourth-order valence-corrected chi connectivity index (χ4v) is 3.61. The maximum Gasteiger partial charge on any atom is 0.146 e. The Balaban J connectivity index is 2.16.